The summed E-state index contributed by atoms with van der Waals surface area (Å²) in [5.74, 6) is 1.92. The molecule has 4 aromatic carbocycles. The van der Waals surface area contributed by atoms with E-state index in [0.29, 0.717) is 17.1 Å². The predicted molar refractivity (Wildman–Crippen MR) is 167 cm³/mol. The number of anilines is 3. The van der Waals surface area contributed by atoms with Crippen molar-refractivity contribution >= 4 is 38.9 Å². The van der Waals surface area contributed by atoms with Crippen LogP contribution in [0.4, 0.5) is 17.1 Å². The van der Waals surface area contributed by atoms with Gasteiger partial charge < -0.3 is 19.1 Å². The topological polar surface area (TPSA) is 57.3 Å². The summed E-state index contributed by atoms with van der Waals surface area (Å²) >= 11 is 0. The van der Waals surface area contributed by atoms with Crippen molar-refractivity contribution in [1.82, 2.24) is 9.55 Å². The van der Waals surface area contributed by atoms with Crippen molar-refractivity contribution in [2.45, 2.75) is 26.2 Å². The predicted octanol–water partition coefficient (Wildman–Crippen LogP) is 8.45. The third-order valence-electron chi connectivity index (χ3n) is 7.66. The van der Waals surface area contributed by atoms with Gasteiger partial charge in [0.25, 0.3) is 0 Å². The number of fused-ring (bicyclic) bond motifs is 4. The minimum atomic E-state index is -0.0464. The Balaban J connectivity index is 0.00000329. The molecule has 216 valence electrons. The summed E-state index contributed by atoms with van der Waals surface area (Å²) in [6, 6.07) is 37.2. The largest absolute Gasteiger partial charge is 0.509 e. The number of nitriles is 1. The molecular weight excluding hydrogens is 714 g/mol. The first-order chi connectivity index (χ1) is 20.3. The number of pyridine rings is 1. The smallest absolute Gasteiger partial charge is 0.135 e. The van der Waals surface area contributed by atoms with Crippen molar-refractivity contribution in [3.8, 4) is 23.4 Å². The van der Waals surface area contributed by atoms with Crippen molar-refractivity contribution in [2.75, 3.05) is 16.8 Å². The Hall–Kier alpha value is -4.59. The van der Waals surface area contributed by atoms with Gasteiger partial charge in [-0.2, -0.15) is 24.1 Å². The van der Waals surface area contributed by atoms with Gasteiger partial charge in [0.05, 0.1) is 11.6 Å². The molecule has 0 atom stereocenters. The first-order valence-corrected chi connectivity index (χ1v) is 13.8. The van der Waals surface area contributed by atoms with Crippen LogP contribution >= 0.6 is 0 Å². The van der Waals surface area contributed by atoms with Crippen molar-refractivity contribution in [3.63, 3.8) is 0 Å². The maximum absolute atomic E-state index is 9.65. The molecule has 0 saturated heterocycles. The van der Waals surface area contributed by atoms with E-state index in [1.165, 1.54) is 5.56 Å². The van der Waals surface area contributed by atoms with Gasteiger partial charge in [0.2, 0.25) is 0 Å². The quantitative estimate of drug-likeness (QED) is 0.170. The second kappa shape index (κ2) is 10.9. The minimum absolute atomic E-state index is 0. The molecule has 0 unspecified atom stereocenters. The number of benzene rings is 4. The molecule has 6 aromatic rings. The van der Waals surface area contributed by atoms with E-state index < -0.39 is 0 Å². The van der Waals surface area contributed by atoms with Crippen LogP contribution in [0.2, 0.25) is 0 Å². The van der Waals surface area contributed by atoms with Crippen molar-refractivity contribution < 1.29 is 25.8 Å². The van der Waals surface area contributed by atoms with E-state index in [2.05, 4.69) is 71.5 Å². The second-order valence-electron chi connectivity index (χ2n) is 11.5. The second-order valence-corrected chi connectivity index (χ2v) is 11.5. The molecule has 43 heavy (non-hydrogen) atoms. The van der Waals surface area contributed by atoms with Crippen LogP contribution in [0.3, 0.4) is 0 Å². The first kappa shape index (κ1) is 28.5. The third kappa shape index (κ3) is 5.05. The summed E-state index contributed by atoms with van der Waals surface area (Å²) in [5, 5.41) is 11.7. The zero-order valence-electron chi connectivity index (χ0n) is 24.2. The Morgan fingerprint density at radius 3 is 2.42 bits per heavy atom. The third-order valence-corrected chi connectivity index (χ3v) is 7.66. The zero-order chi connectivity index (χ0) is 29.0. The molecule has 7 heteroatoms. The van der Waals surface area contributed by atoms with Gasteiger partial charge in [-0.1, -0.05) is 44.5 Å². The van der Waals surface area contributed by atoms with Gasteiger partial charge in [-0.25, -0.2) is 4.98 Å². The van der Waals surface area contributed by atoms with Crippen LogP contribution in [0.1, 0.15) is 31.9 Å². The molecule has 0 fully saturated rings. The summed E-state index contributed by atoms with van der Waals surface area (Å²) < 4.78 is 8.43. The summed E-state index contributed by atoms with van der Waals surface area (Å²) in [7, 11) is 2.04. The van der Waals surface area contributed by atoms with Gasteiger partial charge in [-0.15, -0.1) is 41.4 Å². The molecule has 1 aliphatic rings. The van der Waals surface area contributed by atoms with E-state index in [9.17, 15) is 5.26 Å². The van der Waals surface area contributed by atoms with Gasteiger partial charge >= 0.3 is 0 Å². The Morgan fingerprint density at radius 1 is 0.860 bits per heavy atom. The normalized spacial score (nSPS) is 12.7. The molecule has 0 aliphatic carbocycles. The number of hydrogen-bond acceptors (Lipinski definition) is 5. The van der Waals surface area contributed by atoms with Gasteiger partial charge in [-0.3, -0.25) is 0 Å². The van der Waals surface area contributed by atoms with E-state index in [0.717, 1.165) is 44.7 Å². The maximum atomic E-state index is 9.65. The summed E-state index contributed by atoms with van der Waals surface area (Å²) in [6.07, 6.45) is 1.84. The van der Waals surface area contributed by atoms with Crippen LogP contribution < -0.4 is 14.5 Å². The maximum Gasteiger partial charge on any atom is 0.135 e. The average molecular weight is 742 g/mol. The number of para-hydroxylation sites is 2. The van der Waals surface area contributed by atoms with Crippen LogP contribution in [-0.2, 0) is 26.5 Å². The number of rotatable bonds is 4. The number of nitrogens with zero attached hydrogens (tertiary/aromatic N) is 5. The molecule has 0 N–H and O–H groups in total. The Bertz CT molecular complexity index is 2030. The van der Waals surface area contributed by atoms with E-state index in [1.54, 1.807) is 0 Å². The SMILES string of the molecule is CN1[CH-]N(c2[c-]c(Oc3[c-]c4c(cc3)c3ccc(C#N)cc3n4-c3cc(C(C)(C)C)ccn3)ccc2)c2ccccc21.[Pt]. The fraction of sp³-hybridized carbons (Fsp3) is 0.139. The zero-order valence-corrected chi connectivity index (χ0v) is 26.5. The van der Waals surface area contributed by atoms with E-state index >= 15 is 0 Å². The molecule has 0 amide bonds. The van der Waals surface area contributed by atoms with Crippen LogP contribution in [0.25, 0.3) is 27.6 Å². The molecule has 0 spiro atoms. The summed E-state index contributed by atoms with van der Waals surface area (Å²) in [4.78, 5) is 8.94. The van der Waals surface area contributed by atoms with Crippen LogP contribution in [-0.4, -0.2) is 16.6 Å². The van der Waals surface area contributed by atoms with Crippen molar-refractivity contribution in [1.29, 1.82) is 5.26 Å². The van der Waals surface area contributed by atoms with E-state index in [1.807, 2.05) is 86.6 Å². The fourth-order valence-corrected chi connectivity index (χ4v) is 5.51. The van der Waals surface area contributed by atoms with E-state index in [-0.39, 0.29) is 26.5 Å². The van der Waals surface area contributed by atoms with E-state index in [4.69, 9.17) is 9.72 Å². The van der Waals surface area contributed by atoms with Crippen LogP contribution in [0, 0.1) is 30.1 Å². The Morgan fingerprint density at radius 2 is 1.63 bits per heavy atom. The Labute approximate surface area is 266 Å². The van der Waals surface area contributed by atoms with Gasteiger partial charge in [-0.05, 0) is 59.8 Å². The number of aromatic nitrogens is 2. The number of hydrogen-bond donors (Lipinski definition) is 0. The molecule has 0 bridgehead atoms. The molecule has 2 aromatic heterocycles. The summed E-state index contributed by atoms with van der Waals surface area (Å²) in [6.45, 7) is 8.60. The first-order valence-electron chi connectivity index (χ1n) is 13.8. The van der Waals surface area contributed by atoms with Gasteiger partial charge in [0.15, 0.2) is 0 Å². The summed E-state index contributed by atoms with van der Waals surface area (Å²) in [5.41, 5.74) is 6.55. The fourth-order valence-electron chi connectivity index (χ4n) is 5.51. The standard InChI is InChI=1S/C36H28N5O.Pt/c1-36(2,3)25-16-17-38-35(19-25)41-33-18-24(22-37)12-14-29(33)30-15-13-28(21-34(30)41)42-27-9-7-8-26(20-27)40-23-39(4)31-10-5-6-11-32(31)40;/h5-19,23H,1-4H3;/q-3;. The molecule has 0 radical (unpaired) electrons. The molecule has 7 rings (SSSR count). The molecule has 1 aliphatic heterocycles. The molecule has 0 saturated carbocycles. The van der Waals surface area contributed by atoms with Crippen LogP contribution in [0.5, 0.6) is 11.5 Å². The van der Waals surface area contributed by atoms with Crippen LogP contribution in [0.15, 0.2) is 91.1 Å². The van der Waals surface area contributed by atoms with Crippen molar-refractivity contribution in [3.05, 3.63) is 121 Å². The van der Waals surface area contributed by atoms with Crippen molar-refractivity contribution in [2.24, 2.45) is 0 Å². The number of ether oxygens (including phenoxy) is 1. The van der Waals surface area contributed by atoms with Gasteiger partial charge in [0, 0.05) is 55.7 Å². The minimum Gasteiger partial charge on any atom is -0.509 e. The molecule has 6 nitrogen and oxygen atoms in total. The molecule has 3 heterocycles. The average Bonchev–Trinajstić information content (AvgIpc) is 3.51. The monoisotopic (exact) mass is 741 g/mol. The molecular formula is C36H28N5OPt-3. The van der Waals surface area contributed by atoms with Gasteiger partial charge in [0.1, 0.15) is 5.82 Å². The Kier molecular flexibility index (Phi) is 7.24.